The fourth-order valence-corrected chi connectivity index (χ4v) is 12.0. The minimum atomic E-state index is -0.762. The monoisotopic (exact) mass is 1140 g/mol. The molecular weight excluding hydrogens is 997 g/mol. The molecule has 0 bridgehead atoms. The van der Waals surface area contributed by atoms with Crippen molar-refractivity contribution in [2.45, 2.75) is 451 Å². The predicted molar refractivity (Wildman–Crippen MR) is 354 cm³/mol. The number of ether oxygens (including phenoxy) is 3. The third kappa shape index (κ3) is 69.1. The average Bonchev–Trinajstić information content (AvgIpc) is 3.47. The summed E-state index contributed by atoms with van der Waals surface area (Å²) in [6.45, 7) is 6.73. The Hall–Kier alpha value is -1.59. The van der Waals surface area contributed by atoms with Crippen LogP contribution >= 0.6 is 0 Å². The summed E-state index contributed by atoms with van der Waals surface area (Å²) in [6.07, 6.45) is 84.7. The van der Waals surface area contributed by atoms with Crippen LogP contribution in [0.5, 0.6) is 0 Å². The normalized spacial score (nSPS) is 11.9. The Kier molecular flexibility index (Phi) is 69.5. The summed E-state index contributed by atoms with van der Waals surface area (Å²) < 4.78 is 17.0. The smallest absolute Gasteiger partial charge is 0.306 e. The molecule has 0 saturated carbocycles. The lowest BCUT2D eigenvalue weighted by molar-refractivity contribution is -0.167. The van der Waals surface area contributed by atoms with Crippen LogP contribution in [-0.2, 0) is 28.6 Å². The molecule has 0 spiro atoms. The molecule has 0 aliphatic heterocycles. The van der Waals surface area contributed by atoms with E-state index in [1.165, 1.54) is 347 Å². The van der Waals surface area contributed by atoms with E-state index in [-0.39, 0.29) is 31.1 Å². The molecule has 0 aliphatic carbocycles. The maximum Gasteiger partial charge on any atom is 0.306 e. The van der Waals surface area contributed by atoms with Gasteiger partial charge in [-0.3, -0.25) is 14.4 Å². The van der Waals surface area contributed by atoms with E-state index in [0.29, 0.717) is 19.3 Å². The van der Waals surface area contributed by atoms with E-state index in [2.05, 4.69) is 20.8 Å². The molecule has 0 radical (unpaired) electrons. The molecule has 0 aromatic carbocycles. The zero-order valence-corrected chi connectivity index (χ0v) is 55.6. The van der Waals surface area contributed by atoms with Gasteiger partial charge < -0.3 is 14.2 Å². The average molecular weight is 1140 g/mol. The van der Waals surface area contributed by atoms with E-state index in [1.807, 2.05) is 0 Å². The number of rotatable bonds is 71. The van der Waals surface area contributed by atoms with E-state index in [4.69, 9.17) is 14.2 Å². The van der Waals surface area contributed by atoms with E-state index in [1.54, 1.807) is 0 Å². The second-order valence-electron chi connectivity index (χ2n) is 25.9. The highest BCUT2D eigenvalue weighted by Crippen LogP contribution is 2.20. The predicted octanol–water partition coefficient (Wildman–Crippen LogP) is 25.8. The Morgan fingerprint density at radius 3 is 0.494 bits per heavy atom. The summed E-state index contributed by atoms with van der Waals surface area (Å²) in [5.74, 6) is -0.825. The summed E-state index contributed by atoms with van der Waals surface area (Å²) in [6, 6.07) is 0. The Labute approximate surface area is 508 Å². The van der Waals surface area contributed by atoms with Crippen LogP contribution < -0.4 is 0 Å². The summed E-state index contributed by atoms with van der Waals surface area (Å²) in [4.78, 5) is 38.3. The first-order valence-corrected chi connectivity index (χ1v) is 37.5. The molecule has 6 nitrogen and oxygen atoms in total. The van der Waals surface area contributed by atoms with Gasteiger partial charge in [0.15, 0.2) is 6.10 Å². The van der Waals surface area contributed by atoms with E-state index in [0.717, 1.165) is 57.8 Å². The molecule has 0 heterocycles. The van der Waals surface area contributed by atoms with Crippen molar-refractivity contribution in [3.63, 3.8) is 0 Å². The summed E-state index contributed by atoms with van der Waals surface area (Å²) >= 11 is 0. The molecular formula is C75H146O6. The lowest BCUT2D eigenvalue weighted by atomic mass is 10.0. The molecule has 0 fully saturated rings. The molecule has 0 saturated heterocycles. The number of hydrogen-bond acceptors (Lipinski definition) is 6. The summed E-state index contributed by atoms with van der Waals surface area (Å²) in [5.41, 5.74) is 0. The van der Waals surface area contributed by atoms with Gasteiger partial charge in [0.25, 0.3) is 0 Å². The molecule has 0 aromatic heterocycles. The summed E-state index contributed by atoms with van der Waals surface area (Å²) in [7, 11) is 0. The lowest BCUT2D eigenvalue weighted by Gasteiger charge is -2.18. The molecule has 1 unspecified atom stereocenters. The minimum absolute atomic E-state index is 0.0606. The molecule has 0 rings (SSSR count). The first-order valence-electron chi connectivity index (χ1n) is 37.5. The molecule has 0 aromatic rings. The van der Waals surface area contributed by atoms with Crippen molar-refractivity contribution in [2.24, 2.45) is 0 Å². The zero-order valence-electron chi connectivity index (χ0n) is 55.6. The van der Waals surface area contributed by atoms with Crippen molar-refractivity contribution in [3.8, 4) is 0 Å². The molecule has 0 N–H and O–H groups in total. The van der Waals surface area contributed by atoms with Crippen LogP contribution in [0.2, 0.25) is 0 Å². The van der Waals surface area contributed by atoms with Crippen LogP contribution in [0.4, 0.5) is 0 Å². The Bertz CT molecular complexity index is 1220. The molecule has 0 amide bonds. The highest BCUT2D eigenvalue weighted by molar-refractivity contribution is 5.71. The fraction of sp³-hybridized carbons (Fsp3) is 0.960. The maximum atomic E-state index is 12.9. The first kappa shape index (κ1) is 79.4. The largest absolute Gasteiger partial charge is 0.462 e. The lowest BCUT2D eigenvalue weighted by Crippen LogP contribution is -2.30. The molecule has 1 atom stereocenters. The topological polar surface area (TPSA) is 78.9 Å². The van der Waals surface area contributed by atoms with Gasteiger partial charge in [-0.15, -0.1) is 0 Å². The number of unbranched alkanes of at least 4 members (excludes halogenated alkanes) is 60. The van der Waals surface area contributed by atoms with Gasteiger partial charge in [0.05, 0.1) is 0 Å². The quantitative estimate of drug-likeness (QED) is 0.0343. The van der Waals surface area contributed by atoms with Crippen LogP contribution in [-0.4, -0.2) is 37.2 Å². The van der Waals surface area contributed by atoms with Gasteiger partial charge in [-0.1, -0.05) is 406 Å². The SMILES string of the molecule is CCCCCCCCCCCCCCCCCCCCCCCCCCCCCCCCCCCCCC(=O)OCC(COC(=O)CCCCCCCCCCCC)OC(=O)CCCCCCCCCCCCCCCCCCCC. The van der Waals surface area contributed by atoms with Crippen molar-refractivity contribution in [1.82, 2.24) is 0 Å². The van der Waals surface area contributed by atoms with Gasteiger partial charge in [-0.05, 0) is 19.3 Å². The highest BCUT2D eigenvalue weighted by atomic mass is 16.6. The molecule has 482 valence electrons. The first-order chi connectivity index (χ1) is 40.0. The van der Waals surface area contributed by atoms with Crippen molar-refractivity contribution >= 4 is 17.9 Å². The summed E-state index contributed by atoms with van der Waals surface area (Å²) in [5, 5.41) is 0. The molecule has 81 heavy (non-hydrogen) atoms. The number of carbonyl (C=O) groups is 3. The van der Waals surface area contributed by atoms with Crippen LogP contribution in [0.25, 0.3) is 0 Å². The second-order valence-corrected chi connectivity index (χ2v) is 25.9. The van der Waals surface area contributed by atoms with E-state index < -0.39 is 6.10 Å². The van der Waals surface area contributed by atoms with Gasteiger partial charge in [-0.2, -0.15) is 0 Å². The zero-order chi connectivity index (χ0) is 58.5. The maximum absolute atomic E-state index is 12.9. The van der Waals surface area contributed by atoms with Crippen molar-refractivity contribution in [1.29, 1.82) is 0 Å². The minimum Gasteiger partial charge on any atom is -0.462 e. The molecule has 0 aliphatic rings. The van der Waals surface area contributed by atoms with Gasteiger partial charge in [-0.25, -0.2) is 0 Å². The van der Waals surface area contributed by atoms with Crippen molar-refractivity contribution < 1.29 is 28.6 Å². The third-order valence-corrected chi connectivity index (χ3v) is 17.6. The number of esters is 3. The Balaban J connectivity index is 3.97. The van der Waals surface area contributed by atoms with Crippen LogP contribution in [0.15, 0.2) is 0 Å². The van der Waals surface area contributed by atoms with Crippen molar-refractivity contribution in [3.05, 3.63) is 0 Å². The standard InChI is InChI=1S/C75H146O6/c1-4-7-10-13-16-19-22-24-26-28-30-31-32-33-34-35-36-37-38-39-40-41-42-43-44-45-46-48-49-51-53-56-59-62-65-68-74(77)80-71-72(70-79-73(76)67-64-61-58-55-21-18-15-12-9-6-3)81-75(78)69-66-63-60-57-54-52-50-47-29-27-25-23-20-17-14-11-8-5-2/h72H,4-71H2,1-3H3. The fourth-order valence-electron chi connectivity index (χ4n) is 12.0. The van der Waals surface area contributed by atoms with E-state index in [9.17, 15) is 14.4 Å². The number of hydrogen-bond donors (Lipinski definition) is 0. The van der Waals surface area contributed by atoms with Crippen LogP contribution in [0.3, 0.4) is 0 Å². The second kappa shape index (κ2) is 70.9. The van der Waals surface area contributed by atoms with Gasteiger partial charge in [0.2, 0.25) is 0 Å². The van der Waals surface area contributed by atoms with Crippen LogP contribution in [0.1, 0.15) is 445 Å². The molecule has 6 heteroatoms. The van der Waals surface area contributed by atoms with E-state index >= 15 is 0 Å². The van der Waals surface area contributed by atoms with Gasteiger partial charge >= 0.3 is 17.9 Å². The Morgan fingerprint density at radius 2 is 0.333 bits per heavy atom. The Morgan fingerprint density at radius 1 is 0.198 bits per heavy atom. The van der Waals surface area contributed by atoms with Crippen molar-refractivity contribution in [2.75, 3.05) is 13.2 Å². The number of carbonyl (C=O) groups excluding carboxylic acids is 3. The van der Waals surface area contributed by atoms with Crippen LogP contribution in [0, 0.1) is 0 Å². The highest BCUT2D eigenvalue weighted by Gasteiger charge is 2.20. The van der Waals surface area contributed by atoms with Gasteiger partial charge in [0, 0.05) is 19.3 Å². The van der Waals surface area contributed by atoms with Gasteiger partial charge in [0.1, 0.15) is 13.2 Å². The third-order valence-electron chi connectivity index (χ3n) is 17.6.